The van der Waals surface area contributed by atoms with Gasteiger partial charge in [-0.05, 0) is 36.2 Å². The molecule has 22 heavy (non-hydrogen) atoms. The quantitative estimate of drug-likeness (QED) is 0.677. The van der Waals surface area contributed by atoms with Crippen LogP contribution >= 0.6 is 0 Å². The summed E-state index contributed by atoms with van der Waals surface area (Å²) in [5, 5.41) is 13.7. The van der Waals surface area contributed by atoms with E-state index >= 15 is 0 Å². The third-order valence-electron chi connectivity index (χ3n) is 3.24. The van der Waals surface area contributed by atoms with Gasteiger partial charge in [0, 0.05) is 11.8 Å². The normalized spacial score (nSPS) is 10.1. The van der Waals surface area contributed by atoms with Gasteiger partial charge >= 0.3 is 0 Å². The van der Waals surface area contributed by atoms with E-state index in [9.17, 15) is 14.9 Å². The van der Waals surface area contributed by atoms with E-state index in [0.29, 0.717) is 11.4 Å². The minimum absolute atomic E-state index is 0.0359. The molecule has 0 atom stereocenters. The van der Waals surface area contributed by atoms with Gasteiger partial charge in [-0.15, -0.1) is 0 Å². The number of carbonyl (C=O) groups is 1. The molecular weight excluding hydrogens is 284 g/mol. The van der Waals surface area contributed by atoms with Gasteiger partial charge in [-0.25, -0.2) is 0 Å². The van der Waals surface area contributed by atoms with Crippen LogP contribution in [0.1, 0.15) is 22.8 Å². The van der Waals surface area contributed by atoms with Crippen LogP contribution in [0.4, 0.5) is 11.4 Å². The SMILES string of the molecule is CCc1cccc(NC(=O)c2cc(OC)ccc2[N+](=O)[O-])c1. The highest BCUT2D eigenvalue weighted by Gasteiger charge is 2.21. The molecule has 0 aliphatic heterocycles. The lowest BCUT2D eigenvalue weighted by atomic mass is 10.1. The van der Waals surface area contributed by atoms with Gasteiger partial charge in [0.25, 0.3) is 11.6 Å². The topological polar surface area (TPSA) is 81.5 Å². The van der Waals surface area contributed by atoms with Gasteiger partial charge in [0.05, 0.1) is 12.0 Å². The molecule has 2 rings (SSSR count). The van der Waals surface area contributed by atoms with Crippen LogP contribution < -0.4 is 10.1 Å². The lowest BCUT2D eigenvalue weighted by molar-refractivity contribution is -0.385. The summed E-state index contributed by atoms with van der Waals surface area (Å²) >= 11 is 0. The first kappa shape index (κ1) is 15.5. The van der Waals surface area contributed by atoms with E-state index in [1.807, 2.05) is 25.1 Å². The van der Waals surface area contributed by atoms with Crippen molar-refractivity contribution in [3.63, 3.8) is 0 Å². The maximum atomic E-state index is 12.3. The number of ether oxygens (including phenoxy) is 1. The van der Waals surface area contributed by atoms with Crippen LogP contribution in [0.3, 0.4) is 0 Å². The Kier molecular flexibility index (Phi) is 4.73. The van der Waals surface area contributed by atoms with Gasteiger partial charge in [0.2, 0.25) is 0 Å². The van der Waals surface area contributed by atoms with Crippen molar-refractivity contribution in [2.75, 3.05) is 12.4 Å². The number of nitrogens with one attached hydrogen (secondary N) is 1. The van der Waals surface area contributed by atoms with E-state index in [1.54, 1.807) is 6.07 Å². The van der Waals surface area contributed by atoms with E-state index in [2.05, 4.69) is 5.32 Å². The standard InChI is InChI=1S/C16H16N2O4/c1-3-11-5-4-6-12(9-11)17-16(19)14-10-13(22-2)7-8-15(14)18(20)21/h4-10H,3H2,1-2H3,(H,17,19). The van der Waals surface area contributed by atoms with Crippen LogP contribution in [0.25, 0.3) is 0 Å². The molecule has 2 aromatic rings. The van der Waals surface area contributed by atoms with Crippen molar-refractivity contribution < 1.29 is 14.5 Å². The summed E-state index contributed by atoms with van der Waals surface area (Å²) in [5.74, 6) is -0.156. The molecular formula is C16H16N2O4. The number of amides is 1. The number of hydrogen-bond donors (Lipinski definition) is 1. The molecule has 1 amide bonds. The first-order chi connectivity index (χ1) is 10.5. The third-order valence-corrected chi connectivity index (χ3v) is 3.24. The summed E-state index contributed by atoms with van der Waals surface area (Å²) in [5.41, 5.74) is 1.37. The summed E-state index contributed by atoms with van der Waals surface area (Å²) in [7, 11) is 1.44. The van der Waals surface area contributed by atoms with Gasteiger partial charge in [0.1, 0.15) is 11.3 Å². The number of nitrogens with zero attached hydrogens (tertiary/aromatic N) is 1. The summed E-state index contributed by atoms with van der Waals surface area (Å²) in [4.78, 5) is 22.8. The van der Waals surface area contributed by atoms with Crippen LogP contribution in [0.5, 0.6) is 5.75 Å². The van der Waals surface area contributed by atoms with Gasteiger partial charge in [-0.2, -0.15) is 0 Å². The molecule has 0 heterocycles. The Morgan fingerprint density at radius 2 is 2.05 bits per heavy atom. The Balaban J connectivity index is 2.33. The molecule has 0 radical (unpaired) electrons. The number of nitro groups is 1. The number of benzene rings is 2. The van der Waals surface area contributed by atoms with E-state index in [-0.39, 0.29) is 11.3 Å². The van der Waals surface area contributed by atoms with Gasteiger partial charge in [-0.1, -0.05) is 19.1 Å². The smallest absolute Gasteiger partial charge is 0.282 e. The van der Waals surface area contributed by atoms with Crippen LogP contribution in [0.15, 0.2) is 42.5 Å². The van der Waals surface area contributed by atoms with Gasteiger partial charge < -0.3 is 10.1 Å². The number of aryl methyl sites for hydroxylation is 1. The molecule has 0 fully saturated rings. The monoisotopic (exact) mass is 300 g/mol. The van der Waals surface area contributed by atoms with Gasteiger partial charge in [0.15, 0.2) is 0 Å². The minimum atomic E-state index is -0.586. The predicted octanol–water partition coefficient (Wildman–Crippen LogP) is 3.42. The van der Waals surface area contributed by atoms with Crippen molar-refractivity contribution in [2.24, 2.45) is 0 Å². The summed E-state index contributed by atoms with van der Waals surface area (Å²) in [6, 6.07) is 11.4. The first-order valence-corrected chi connectivity index (χ1v) is 6.78. The fourth-order valence-corrected chi connectivity index (χ4v) is 2.05. The second-order valence-electron chi connectivity index (χ2n) is 4.65. The van der Waals surface area contributed by atoms with Crippen molar-refractivity contribution in [1.29, 1.82) is 0 Å². The van der Waals surface area contributed by atoms with Crippen LogP contribution in [-0.4, -0.2) is 17.9 Å². The Labute approximate surface area is 127 Å². The van der Waals surface area contributed by atoms with Crippen LogP contribution in [0, 0.1) is 10.1 Å². The Hall–Kier alpha value is -2.89. The van der Waals surface area contributed by atoms with E-state index in [1.165, 1.54) is 25.3 Å². The highest BCUT2D eigenvalue weighted by molar-refractivity contribution is 6.07. The number of nitro benzene ring substituents is 1. The molecule has 1 N–H and O–H groups in total. The molecule has 6 nitrogen and oxygen atoms in total. The molecule has 0 unspecified atom stereocenters. The fraction of sp³-hybridized carbons (Fsp3) is 0.188. The molecule has 0 aromatic heterocycles. The van der Waals surface area contributed by atoms with Crippen molar-refractivity contribution in [2.45, 2.75) is 13.3 Å². The van der Waals surface area contributed by atoms with Gasteiger partial charge in [-0.3, -0.25) is 14.9 Å². The number of rotatable bonds is 5. The third kappa shape index (κ3) is 3.41. The Morgan fingerprint density at radius 1 is 1.27 bits per heavy atom. The molecule has 0 saturated heterocycles. The van der Waals surface area contributed by atoms with Crippen molar-refractivity contribution in [3.8, 4) is 5.75 Å². The lowest BCUT2D eigenvalue weighted by Gasteiger charge is -2.08. The zero-order chi connectivity index (χ0) is 16.1. The molecule has 2 aromatic carbocycles. The fourth-order valence-electron chi connectivity index (χ4n) is 2.05. The van der Waals surface area contributed by atoms with E-state index in [4.69, 9.17) is 4.74 Å². The van der Waals surface area contributed by atoms with Crippen molar-refractivity contribution in [1.82, 2.24) is 0 Å². The number of anilines is 1. The maximum absolute atomic E-state index is 12.3. The number of carbonyl (C=O) groups excluding carboxylic acids is 1. The van der Waals surface area contributed by atoms with Crippen molar-refractivity contribution in [3.05, 3.63) is 63.7 Å². The zero-order valence-electron chi connectivity index (χ0n) is 12.3. The Bertz CT molecular complexity index is 713. The Morgan fingerprint density at radius 3 is 2.68 bits per heavy atom. The zero-order valence-corrected chi connectivity index (χ0v) is 12.3. The highest BCUT2D eigenvalue weighted by Crippen LogP contribution is 2.25. The lowest BCUT2D eigenvalue weighted by Crippen LogP contribution is -2.14. The average molecular weight is 300 g/mol. The predicted molar refractivity (Wildman–Crippen MR) is 83.4 cm³/mol. The second kappa shape index (κ2) is 6.71. The molecule has 0 spiro atoms. The number of methoxy groups -OCH3 is 1. The van der Waals surface area contributed by atoms with Crippen LogP contribution in [0.2, 0.25) is 0 Å². The highest BCUT2D eigenvalue weighted by atomic mass is 16.6. The molecule has 114 valence electrons. The minimum Gasteiger partial charge on any atom is -0.497 e. The molecule has 0 bridgehead atoms. The second-order valence-corrected chi connectivity index (χ2v) is 4.65. The van der Waals surface area contributed by atoms with Crippen molar-refractivity contribution >= 4 is 17.3 Å². The summed E-state index contributed by atoms with van der Waals surface area (Å²) in [6.07, 6.45) is 0.836. The molecule has 0 aliphatic carbocycles. The van der Waals surface area contributed by atoms with E-state index in [0.717, 1.165) is 12.0 Å². The number of hydrogen-bond acceptors (Lipinski definition) is 4. The van der Waals surface area contributed by atoms with E-state index < -0.39 is 10.8 Å². The molecule has 6 heteroatoms. The largest absolute Gasteiger partial charge is 0.497 e. The average Bonchev–Trinajstić information content (AvgIpc) is 2.54. The maximum Gasteiger partial charge on any atom is 0.282 e. The summed E-state index contributed by atoms with van der Waals surface area (Å²) < 4.78 is 5.02. The molecule has 0 saturated carbocycles. The van der Waals surface area contributed by atoms with Crippen LogP contribution in [-0.2, 0) is 6.42 Å². The summed E-state index contributed by atoms with van der Waals surface area (Å²) in [6.45, 7) is 2.01. The first-order valence-electron chi connectivity index (χ1n) is 6.78. The molecule has 0 aliphatic rings.